The third-order valence-corrected chi connectivity index (χ3v) is 3.70. The summed E-state index contributed by atoms with van der Waals surface area (Å²) >= 11 is 5.89. The first-order chi connectivity index (χ1) is 11.5. The van der Waals surface area contributed by atoms with E-state index >= 15 is 0 Å². The number of esters is 1. The first-order valence-electron chi connectivity index (χ1n) is 6.91. The van der Waals surface area contributed by atoms with E-state index in [1.807, 2.05) is 0 Å². The van der Waals surface area contributed by atoms with Crippen molar-refractivity contribution in [3.63, 3.8) is 0 Å². The zero-order valence-electron chi connectivity index (χ0n) is 12.9. The number of ether oxygens (including phenoxy) is 2. The lowest BCUT2D eigenvalue weighted by Crippen LogP contribution is -2.35. The summed E-state index contributed by atoms with van der Waals surface area (Å²) in [5.74, 6) is -0.0319. The lowest BCUT2D eigenvalue weighted by Gasteiger charge is -2.26. The van der Waals surface area contributed by atoms with Crippen LogP contribution in [0.1, 0.15) is 10.5 Å². The van der Waals surface area contributed by atoms with Crippen LogP contribution in [-0.4, -0.2) is 42.6 Å². The highest BCUT2D eigenvalue weighted by Gasteiger charge is 2.22. The van der Waals surface area contributed by atoms with E-state index in [2.05, 4.69) is 20.0 Å². The second-order valence-corrected chi connectivity index (χ2v) is 5.34. The van der Waals surface area contributed by atoms with Gasteiger partial charge in [-0.2, -0.15) is 0 Å². The monoisotopic (exact) mass is 348 g/mol. The summed E-state index contributed by atoms with van der Waals surface area (Å²) in [4.78, 5) is 32.8. The number of likely N-dealkylation sites (N-methyl/N-ethyl adjacent to an activating group) is 1. The molecule has 0 saturated heterocycles. The molecule has 9 heteroatoms. The lowest BCUT2D eigenvalue weighted by molar-refractivity contribution is -0.120. The van der Waals surface area contributed by atoms with Crippen molar-refractivity contribution in [2.45, 2.75) is 0 Å². The maximum atomic E-state index is 11.6. The predicted octanol–water partition coefficient (Wildman–Crippen LogP) is 2.02. The van der Waals surface area contributed by atoms with Gasteiger partial charge in [0, 0.05) is 18.8 Å². The Morgan fingerprint density at radius 2 is 2.25 bits per heavy atom. The fourth-order valence-electron chi connectivity index (χ4n) is 2.15. The summed E-state index contributed by atoms with van der Waals surface area (Å²) in [7, 11) is 2.92. The topological polar surface area (TPSA) is 93.7 Å². The fraction of sp³-hybridized carbons (Fsp3) is 0.200. The van der Waals surface area contributed by atoms with Gasteiger partial charge in [-0.05, 0) is 12.1 Å². The quantitative estimate of drug-likeness (QED) is 0.848. The first-order valence-corrected chi connectivity index (χ1v) is 7.28. The number of rotatable bonds is 3. The predicted molar refractivity (Wildman–Crippen MR) is 87.0 cm³/mol. The molecule has 2 aromatic rings. The molecule has 0 radical (unpaired) electrons. The highest BCUT2D eigenvalue weighted by Crippen LogP contribution is 2.34. The molecular formula is C15H13ClN4O4. The summed E-state index contributed by atoms with van der Waals surface area (Å²) in [5.41, 5.74) is 1.27. The van der Waals surface area contributed by atoms with E-state index in [4.69, 9.17) is 16.3 Å². The van der Waals surface area contributed by atoms with Gasteiger partial charge in [-0.15, -0.1) is 0 Å². The van der Waals surface area contributed by atoms with Gasteiger partial charge < -0.3 is 19.7 Å². The van der Waals surface area contributed by atoms with Gasteiger partial charge in [0.05, 0.1) is 24.0 Å². The molecule has 1 N–H and O–H groups in total. The average molecular weight is 349 g/mol. The van der Waals surface area contributed by atoms with Crippen LogP contribution in [-0.2, 0) is 9.53 Å². The number of carbonyl (C=O) groups excluding carboxylic acids is 2. The molecule has 0 bridgehead atoms. The average Bonchev–Trinajstić information content (AvgIpc) is 2.59. The van der Waals surface area contributed by atoms with E-state index in [1.54, 1.807) is 25.2 Å². The van der Waals surface area contributed by atoms with E-state index in [9.17, 15) is 9.59 Å². The molecule has 8 nitrogen and oxygen atoms in total. The summed E-state index contributed by atoms with van der Waals surface area (Å²) < 4.78 is 10.0. The van der Waals surface area contributed by atoms with Crippen molar-refractivity contribution in [3.8, 4) is 5.75 Å². The number of hydrogen-bond acceptors (Lipinski definition) is 7. The number of aromatic nitrogens is 2. The van der Waals surface area contributed by atoms with Gasteiger partial charge in [0.15, 0.2) is 12.3 Å². The number of carbonyl (C=O) groups is 2. The van der Waals surface area contributed by atoms with Crippen LogP contribution in [0.4, 0.5) is 17.3 Å². The van der Waals surface area contributed by atoms with Crippen molar-refractivity contribution in [1.29, 1.82) is 0 Å². The Morgan fingerprint density at radius 3 is 3.00 bits per heavy atom. The molecule has 1 amide bonds. The van der Waals surface area contributed by atoms with E-state index in [0.717, 1.165) is 0 Å². The molecule has 0 spiro atoms. The number of amides is 1. The number of hydrogen-bond donors (Lipinski definition) is 1. The lowest BCUT2D eigenvalue weighted by atomic mass is 10.2. The van der Waals surface area contributed by atoms with Crippen molar-refractivity contribution < 1.29 is 19.1 Å². The molecule has 1 aromatic heterocycles. The Morgan fingerprint density at radius 1 is 1.46 bits per heavy atom. The first kappa shape index (κ1) is 16.0. The standard InChI is InChI=1S/C15H13ClN4O4/c1-20-10-4-3-8(5-11(10)24-7-12(20)21)18-15-17-6-9(16)13(19-15)14(22)23-2/h3-6H,7H2,1-2H3,(H,17,18,19). The number of nitrogens with one attached hydrogen (secondary N) is 1. The number of fused-ring (bicyclic) bond motifs is 1. The molecule has 2 heterocycles. The van der Waals surface area contributed by atoms with Crippen LogP contribution < -0.4 is 15.0 Å². The summed E-state index contributed by atoms with van der Waals surface area (Å²) in [6.07, 6.45) is 1.31. The minimum atomic E-state index is -0.653. The zero-order valence-corrected chi connectivity index (χ0v) is 13.6. The minimum absolute atomic E-state index is 0.0170. The highest BCUT2D eigenvalue weighted by atomic mass is 35.5. The van der Waals surface area contributed by atoms with E-state index in [0.29, 0.717) is 17.1 Å². The van der Waals surface area contributed by atoms with E-state index < -0.39 is 5.97 Å². The van der Waals surface area contributed by atoms with Gasteiger partial charge >= 0.3 is 5.97 Å². The third kappa shape index (κ3) is 2.95. The molecule has 1 aromatic carbocycles. The molecule has 1 aliphatic heterocycles. The smallest absolute Gasteiger partial charge is 0.358 e. The van der Waals surface area contributed by atoms with Crippen LogP contribution in [0, 0.1) is 0 Å². The number of methoxy groups -OCH3 is 1. The van der Waals surface area contributed by atoms with Crippen molar-refractivity contribution in [1.82, 2.24) is 9.97 Å². The van der Waals surface area contributed by atoms with Gasteiger partial charge in [0.25, 0.3) is 5.91 Å². The van der Waals surface area contributed by atoms with Crippen molar-refractivity contribution in [3.05, 3.63) is 35.1 Å². The Bertz CT molecular complexity index is 827. The van der Waals surface area contributed by atoms with Gasteiger partial charge in [0.2, 0.25) is 5.95 Å². The van der Waals surface area contributed by atoms with Gasteiger partial charge in [-0.3, -0.25) is 4.79 Å². The number of nitrogens with zero attached hydrogens (tertiary/aromatic N) is 3. The number of anilines is 3. The molecule has 124 valence electrons. The van der Waals surface area contributed by atoms with Crippen LogP contribution >= 0.6 is 11.6 Å². The second kappa shape index (κ2) is 6.32. The van der Waals surface area contributed by atoms with Crippen molar-refractivity contribution >= 4 is 40.8 Å². The van der Waals surface area contributed by atoms with Gasteiger partial charge in [0.1, 0.15) is 5.75 Å². The third-order valence-electron chi connectivity index (χ3n) is 3.43. The summed E-state index contributed by atoms with van der Waals surface area (Å²) in [6, 6.07) is 5.20. The molecule has 24 heavy (non-hydrogen) atoms. The number of benzene rings is 1. The van der Waals surface area contributed by atoms with Crippen molar-refractivity contribution in [2.75, 3.05) is 31.0 Å². The second-order valence-electron chi connectivity index (χ2n) is 4.93. The summed E-state index contributed by atoms with van der Waals surface area (Å²) in [5, 5.41) is 3.05. The van der Waals surface area contributed by atoms with Crippen LogP contribution in [0.25, 0.3) is 0 Å². The Balaban J connectivity index is 1.87. The normalized spacial score (nSPS) is 13.1. The van der Waals surface area contributed by atoms with Gasteiger partial charge in [-0.25, -0.2) is 14.8 Å². The fourth-order valence-corrected chi connectivity index (χ4v) is 2.32. The highest BCUT2D eigenvalue weighted by molar-refractivity contribution is 6.33. The Labute approximate surface area is 142 Å². The molecule has 0 fully saturated rings. The molecule has 0 saturated carbocycles. The Hall–Kier alpha value is -2.87. The maximum absolute atomic E-state index is 11.6. The largest absolute Gasteiger partial charge is 0.481 e. The molecule has 0 unspecified atom stereocenters. The molecule has 0 atom stereocenters. The summed E-state index contributed by atoms with van der Waals surface area (Å²) in [6.45, 7) is -0.0170. The van der Waals surface area contributed by atoms with Crippen LogP contribution in [0.15, 0.2) is 24.4 Å². The van der Waals surface area contributed by atoms with Gasteiger partial charge in [-0.1, -0.05) is 11.6 Å². The Kier molecular flexibility index (Phi) is 4.22. The molecule has 3 rings (SSSR count). The molecule has 0 aliphatic carbocycles. The molecular weight excluding hydrogens is 336 g/mol. The van der Waals surface area contributed by atoms with Crippen molar-refractivity contribution in [2.24, 2.45) is 0 Å². The van der Waals surface area contributed by atoms with Crippen LogP contribution in [0.5, 0.6) is 5.75 Å². The van der Waals surface area contributed by atoms with E-state index in [-0.39, 0.29) is 29.2 Å². The van der Waals surface area contributed by atoms with Crippen LogP contribution in [0.2, 0.25) is 5.02 Å². The molecule has 1 aliphatic rings. The maximum Gasteiger partial charge on any atom is 0.358 e. The number of halogens is 1. The van der Waals surface area contributed by atoms with E-state index in [1.165, 1.54) is 18.2 Å². The van der Waals surface area contributed by atoms with Crippen LogP contribution in [0.3, 0.4) is 0 Å². The zero-order chi connectivity index (χ0) is 17.3. The minimum Gasteiger partial charge on any atom is -0.481 e. The SMILES string of the molecule is COC(=O)c1nc(Nc2ccc3c(c2)OCC(=O)N3C)ncc1Cl.